The summed E-state index contributed by atoms with van der Waals surface area (Å²) in [5.41, 5.74) is 2.35. The minimum atomic E-state index is -3.58. The van der Waals surface area contributed by atoms with Crippen molar-refractivity contribution in [2.24, 2.45) is 0 Å². The fraction of sp³-hybridized carbons (Fsp3) is 0.278. The van der Waals surface area contributed by atoms with Crippen LogP contribution in [-0.4, -0.2) is 45.0 Å². The molecule has 3 N–H and O–H groups in total. The number of rotatable bonds is 7. The molecule has 3 heterocycles. The largest absolute Gasteiger partial charge is 0.380 e. The molecule has 156 valence electrons. The van der Waals surface area contributed by atoms with Gasteiger partial charge in [0.2, 0.25) is 0 Å². The molecule has 3 aromatic heterocycles. The summed E-state index contributed by atoms with van der Waals surface area (Å²) in [4.78, 5) is 6.35. The van der Waals surface area contributed by atoms with Crippen molar-refractivity contribution < 1.29 is 13.5 Å². The number of imidazole rings is 1. The van der Waals surface area contributed by atoms with E-state index in [-0.39, 0.29) is 0 Å². The maximum atomic E-state index is 11.6. The number of anilines is 1. The van der Waals surface area contributed by atoms with E-state index >= 15 is 0 Å². The van der Waals surface area contributed by atoms with Crippen molar-refractivity contribution in [3.05, 3.63) is 59.3 Å². The Labute approximate surface area is 176 Å². The number of aliphatic hydroxyl groups excluding tert-OH is 1. The average Bonchev–Trinajstić information content (AvgIpc) is 3.14. The predicted molar refractivity (Wildman–Crippen MR) is 112 cm³/mol. The van der Waals surface area contributed by atoms with Crippen LogP contribution in [0.25, 0.3) is 10.5 Å². The topological polar surface area (TPSA) is 126 Å². The molecule has 30 heavy (non-hydrogen) atoms. The summed E-state index contributed by atoms with van der Waals surface area (Å²) < 4.78 is 31.2. The second-order valence-corrected chi connectivity index (χ2v) is 9.76. The molecule has 10 nitrogen and oxygen atoms in total. The number of thiazole rings is 1. The van der Waals surface area contributed by atoms with Gasteiger partial charge in [-0.2, -0.15) is 8.42 Å². The zero-order valence-electron chi connectivity index (χ0n) is 15.9. The molecule has 1 fully saturated rings. The molecule has 0 amide bonds. The van der Waals surface area contributed by atoms with Gasteiger partial charge in [-0.3, -0.25) is 9.12 Å². The van der Waals surface area contributed by atoms with E-state index in [0.29, 0.717) is 23.0 Å². The standard InChI is InChI=1S/C18H19N7O3S2/c1-19-30(27,28)22-12-4-6-13(7-5-12)25-9-14(21-23-25)17(26)16-18(11-2-3-11)29-15-8-20-10-24(15)16/h4-11,17,19,22,26H,2-3H2,1H3. The van der Waals surface area contributed by atoms with Gasteiger partial charge in [-0.05, 0) is 43.0 Å². The quantitative estimate of drug-likeness (QED) is 0.398. The van der Waals surface area contributed by atoms with E-state index in [1.54, 1.807) is 59.0 Å². The third-order valence-electron chi connectivity index (χ3n) is 4.98. The molecule has 0 bridgehead atoms. The minimum absolute atomic E-state index is 0.420. The zero-order valence-corrected chi connectivity index (χ0v) is 17.6. The molecule has 1 aliphatic rings. The van der Waals surface area contributed by atoms with E-state index in [1.165, 1.54) is 11.9 Å². The maximum absolute atomic E-state index is 11.6. The lowest BCUT2D eigenvalue weighted by Crippen LogP contribution is -2.26. The van der Waals surface area contributed by atoms with Crippen LogP contribution >= 0.6 is 11.3 Å². The van der Waals surface area contributed by atoms with Crippen LogP contribution < -0.4 is 9.44 Å². The Morgan fingerprint density at radius 2 is 2.03 bits per heavy atom. The molecule has 1 aromatic carbocycles. The monoisotopic (exact) mass is 445 g/mol. The molecule has 12 heteroatoms. The summed E-state index contributed by atoms with van der Waals surface area (Å²) in [6.07, 6.45) is 6.53. The third-order valence-corrected chi connectivity index (χ3v) is 7.30. The molecule has 0 saturated heterocycles. The Kier molecular flexibility index (Phi) is 4.58. The van der Waals surface area contributed by atoms with Crippen LogP contribution in [0.15, 0.2) is 43.0 Å². The molecule has 5 rings (SSSR count). The Balaban J connectivity index is 1.42. The van der Waals surface area contributed by atoms with Crippen molar-refractivity contribution >= 4 is 32.1 Å². The lowest BCUT2D eigenvalue weighted by atomic mass is 10.1. The molecule has 1 unspecified atom stereocenters. The summed E-state index contributed by atoms with van der Waals surface area (Å²) in [6.45, 7) is 0. The summed E-state index contributed by atoms with van der Waals surface area (Å²) in [6, 6.07) is 6.68. The summed E-state index contributed by atoms with van der Waals surface area (Å²) in [5.74, 6) is 0.489. The highest BCUT2D eigenvalue weighted by Gasteiger charge is 2.33. The molecule has 1 aliphatic carbocycles. The van der Waals surface area contributed by atoms with Gasteiger partial charge in [0, 0.05) is 17.6 Å². The molecule has 0 radical (unpaired) electrons. The normalized spacial score (nSPS) is 15.5. The lowest BCUT2D eigenvalue weighted by molar-refractivity contribution is 0.208. The van der Waals surface area contributed by atoms with Crippen LogP contribution in [-0.2, 0) is 10.2 Å². The summed E-state index contributed by atoms with van der Waals surface area (Å²) >= 11 is 1.66. The highest BCUT2D eigenvalue weighted by Crippen LogP contribution is 2.47. The van der Waals surface area contributed by atoms with Gasteiger partial charge in [-0.25, -0.2) is 14.4 Å². The van der Waals surface area contributed by atoms with Crippen LogP contribution in [0.5, 0.6) is 0 Å². The van der Waals surface area contributed by atoms with Crippen molar-refractivity contribution in [1.29, 1.82) is 0 Å². The highest BCUT2D eigenvalue weighted by atomic mass is 32.2. The average molecular weight is 446 g/mol. The second kappa shape index (κ2) is 7.16. The lowest BCUT2D eigenvalue weighted by Gasteiger charge is -2.09. The van der Waals surface area contributed by atoms with Gasteiger partial charge < -0.3 is 5.11 Å². The molecule has 4 aromatic rings. The Morgan fingerprint density at radius 3 is 2.73 bits per heavy atom. The SMILES string of the molecule is CNS(=O)(=O)Nc1ccc(-n2cc(C(O)c3c(C4CC4)sc4cncn34)nn2)cc1. The molecular formula is C18H19N7O3S2. The van der Waals surface area contributed by atoms with Crippen LogP contribution in [0.4, 0.5) is 5.69 Å². The smallest absolute Gasteiger partial charge is 0.298 e. The predicted octanol–water partition coefficient (Wildman–Crippen LogP) is 1.81. The Bertz CT molecular complexity index is 1300. The minimum Gasteiger partial charge on any atom is -0.380 e. The first kappa shape index (κ1) is 19.2. The fourth-order valence-electron chi connectivity index (χ4n) is 3.28. The van der Waals surface area contributed by atoms with Crippen molar-refractivity contribution in [3.63, 3.8) is 0 Å². The van der Waals surface area contributed by atoms with Gasteiger partial charge in [0.05, 0.1) is 23.8 Å². The second-order valence-electron chi connectivity index (χ2n) is 7.07. The fourth-order valence-corrected chi connectivity index (χ4v) is 5.13. The first-order chi connectivity index (χ1) is 14.4. The van der Waals surface area contributed by atoms with Crippen molar-refractivity contribution in [3.8, 4) is 5.69 Å². The van der Waals surface area contributed by atoms with E-state index in [4.69, 9.17) is 0 Å². The van der Waals surface area contributed by atoms with Crippen molar-refractivity contribution in [2.45, 2.75) is 24.9 Å². The van der Waals surface area contributed by atoms with Gasteiger partial charge in [0.1, 0.15) is 23.0 Å². The van der Waals surface area contributed by atoms with Gasteiger partial charge in [0.25, 0.3) is 10.2 Å². The zero-order chi connectivity index (χ0) is 20.9. The number of aromatic nitrogens is 5. The molecule has 0 aliphatic heterocycles. The molecule has 1 atom stereocenters. The van der Waals surface area contributed by atoms with E-state index in [0.717, 1.165) is 23.4 Å². The van der Waals surface area contributed by atoms with E-state index in [9.17, 15) is 13.5 Å². The van der Waals surface area contributed by atoms with Crippen LogP contribution in [0, 0.1) is 0 Å². The number of hydrogen-bond acceptors (Lipinski definition) is 7. The van der Waals surface area contributed by atoms with E-state index < -0.39 is 16.3 Å². The number of nitrogens with zero attached hydrogens (tertiary/aromatic N) is 5. The maximum Gasteiger partial charge on any atom is 0.298 e. The Morgan fingerprint density at radius 1 is 1.27 bits per heavy atom. The number of fused-ring (bicyclic) bond motifs is 1. The number of nitrogens with one attached hydrogen (secondary N) is 2. The number of hydrogen-bond donors (Lipinski definition) is 3. The number of benzene rings is 1. The number of aliphatic hydroxyl groups is 1. The Hall–Kier alpha value is -2.80. The van der Waals surface area contributed by atoms with Gasteiger partial charge >= 0.3 is 0 Å². The van der Waals surface area contributed by atoms with Crippen LogP contribution in [0.2, 0.25) is 0 Å². The van der Waals surface area contributed by atoms with Crippen LogP contribution in [0.3, 0.4) is 0 Å². The van der Waals surface area contributed by atoms with Crippen molar-refractivity contribution in [1.82, 2.24) is 29.1 Å². The summed E-state index contributed by atoms with van der Waals surface area (Å²) in [7, 11) is -2.24. The summed E-state index contributed by atoms with van der Waals surface area (Å²) in [5, 5.41) is 19.4. The first-order valence-electron chi connectivity index (χ1n) is 9.32. The van der Waals surface area contributed by atoms with E-state index in [1.807, 2.05) is 4.40 Å². The van der Waals surface area contributed by atoms with Gasteiger partial charge in [-0.1, -0.05) is 5.21 Å². The van der Waals surface area contributed by atoms with Crippen molar-refractivity contribution in [2.75, 3.05) is 11.8 Å². The van der Waals surface area contributed by atoms with E-state index in [2.05, 4.69) is 24.7 Å². The van der Waals surface area contributed by atoms with Gasteiger partial charge in [0.15, 0.2) is 0 Å². The first-order valence-corrected chi connectivity index (χ1v) is 11.6. The van der Waals surface area contributed by atoms with Gasteiger partial charge in [-0.15, -0.1) is 16.4 Å². The third kappa shape index (κ3) is 3.47. The highest BCUT2D eigenvalue weighted by molar-refractivity contribution is 7.90. The molecular weight excluding hydrogens is 426 g/mol. The molecule has 1 saturated carbocycles. The molecule has 0 spiro atoms. The van der Waals surface area contributed by atoms with Crippen LogP contribution in [0.1, 0.15) is 41.1 Å².